The van der Waals surface area contributed by atoms with E-state index < -0.39 is 11.9 Å². The van der Waals surface area contributed by atoms with E-state index in [0.29, 0.717) is 5.75 Å². The highest BCUT2D eigenvalue weighted by Gasteiger charge is 2.08. The Morgan fingerprint density at radius 2 is 1.82 bits per heavy atom. The number of carbonyl (C=O) groups excluding carboxylic acids is 1. The Hall–Kier alpha value is -2.24. The lowest BCUT2D eigenvalue weighted by Crippen LogP contribution is -2.33. The molecular formula is C11H13NO5. The van der Waals surface area contributed by atoms with E-state index >= 15 is 0 Å². The molecule has 1 amide bonds. The van der Waals surface area contributed by atoms with Crippen LogP contribution in [0.2, 0.25) is 0 Å². The number of nitrogens with one attached hydrogen (secondary N) is 1. The summed E-state index contributed by atoms with van der Waals surface area (Å²) in [5, 5.41) is 10.5. The van der Waals surface area contributed by atoms with E-state index in [-0.39, 0.29) is 13.2 Å². The second kappa shape index (κ2) is 6.37. The van der Waals surface area contributed by atoms with Crippen molar-refractivity contribution in [2.75, 3.05) is 20.3 Å². The molecule has 0 bridgehead atoms. The Bertz CT molecular complexity index is 387. The van der Waals surface area contributed by atoms with Crippen LogP contribution >= 0.6 is 0 Å². The first-order valence-electron chi connectivity index (χ1n) is 4.91. The molecule has 0 aromatic heterocycles. The largest absolute Gasteiger partial charge is 0.497 e. The van der Waals surface area contributed by atoms with Crippen molar-refractivity contribution in [2.45, 2.75) is 0 Å². The predicted molar refractivity (Wildman–Crippen MR) is 59.1 cm³/mol. The molecule has 1 aromatic rings. The minimum atomic E-state index is -1.51. The van der Waals surface area contributed by atoms with Crippen LogP contribution in [0, 0.1) is 0 Å². The van der Waals surface area contributed by atoms with Crippen LogP contribution in [0.3, 0.4) is 0 Å². The molecule has 6 heteroatoms. The van der Waals surface area contributed by atoms with Gasteiger partial charge in [0.15, 0.2) is 0 Å². The molecule has 0 radical (unpaired) electrons. The number of rotatable bonds is 5. The number of hydrogen-bond donors (Lipinski definition) is 2. The van der Waals surface area contributed by atoms with Crippen LogP contribution in [-0.2, 0) is 9.59 Å². The van der Waals surface area contributed by atoms with E-state index in [9.17, 15) is 9.59 Å². The number of amides is 1. The molecular weight excluding hydrogens is 226 g/mol. The lowest BCUT2D eigenvalue weighted by atomic mass is 10.3. The van der Waals surface area contributed by atoms with E-state index in [0.717, 1.165) is 5.75 Å². The fourth-order valence-electron chi connectivity index (χ4n) is 1.08. The standard InChI is InChI=1S/C11H13NO5/c1-16-8-2-4-9(5-3-8)17-7-6-12-10(13)11(14)15/h2-5H,6-7H2,1H3,(H,12,13)(H,14,15). The second-order valence-corrected chi connectivity index (χ2v) is 3.09. The third kappa shape index (κ3) is 4.42. The fraction of sp³-hybridized carbons (Fsp3) is 0.273. The van der Waals surface area contributed by atoms with E-state index in [1.54, 1.807) is 31.4 Å². The van der Waals surface area contributed by atoms with Crippen LogP contribution in [0.1, 0.15) is 0 Å². The van der Waals surface area contributed by atoms with E-state index in [1.165, 1.54) is 0 Å². The number of carboxylic acid groups (broad SMARTS) is 1. The van der Waals surface area contributed by atoms with Gasteiger partial charge in [0.1, 0.15) is 18.1 Å². The Kier molecular flexibility index (Phi) is 4.80. The molecule has 0 heterocycles. The van der Waals surface area contributed by atoms with Gasteiger partial charge < -0.3 is 19.9 Å². The summed E-state index contributed by atoms with van der Waals surface area (Å²) in [5.41, 5.74) is 0. The lowest BCUT2D eigenvalue weighted by Gasteiger charge is -2.07. The maximum atomic E-state index is 10.7. The molecule has 0 spiro atoms. The highest BCUT2D eigenvalue weighted by atomic mass is 16.5. The third-order valence-corrected chi connectivity index (χ3v) is 1.91. The maximum absolute atomic E-state index is 10.7. The van der Waals surface area contributed by atoms with Crippen molar-refractivity contribution in [1.29, 1.82) is 0 Å². The van der Waals surface area contributed by atoms with Crippen LogP contribution in [0.5, 0.6) is 11.5 Å². The van der Waals surface area contributed by atoms with Crippen molar-refractivity contribution < 1.29 is 24.2 Å². The molecule has 0 aliphatic heterocycles. The fourth-order valence-corrected chi connectivity index (χ4v) is 1.08. The molecule has 17 heavy (non-hydrogen) atoms. The van der Waals surface area contributed by atoms with Gasteiger partial charge in [0.25, 0.3) is 0 Å². The summed E-state index contributed by atoms with van der Waals surface area (Å²) in [4.78, 5) is 20.8. The van der Waals surface area contributed by atoms with Gasteiger partial charge in [-0.25, -0.2) is 4.79 Å². The average molecular weight is 239 g/mol. The summed E-state index contributed by atoms with van der Waals surface area (Å²) in [6.45, 7) is 0.336. The second-order valence-electron chi connectivity index (χ2n) is 3.09. The van der Waals surface area contributed by atoms with Gasteiger partial charge in [0.2, 0.25) is 0 Å². The number of benzene rings is 1. The van der Waals surface area contributed by atoms with Crippen molar-refractivity contribution in [3.05, 3.63) is 24.3 Å². The van der Waals surface area contributed by atoms with Crippen molar-refractivity contribution in [1.82, 2.24) is 5.32 Å². The van der Waals surface area contributed by atoms with E-state index in [1.807, 2.05) is 0 Å². The number of methoxy groups -OCH3 is 1. The minimum absolute atomic E-state index is 0.136. The van der Waals surface area contributed by atoms with Crippen molar-refractivity contribution in [3.8, 4) is 11.5 Å². The molecule has 92 valence electrons. The zero-order valence-electron chi connectivity index (χ0n) is 9.30. The Balaban J connectivity index is 2.26. The Morgan fingerprint density at radius 3 is 2.35 bits per heavy atom. The summed E-state index contributed by atoms with van der Waals surface area (Å²) >= 11 is 0. The zero-order valence-corrected chi connectivity index (χ0v) is 9.30. The number of ether oxygens (including phenoxy) is 2. The van der Waals surface area contributed by atoms with Gasteiger partial charge in [0.05, 0.1) is 13.7 Å². The first-order chi connectivity index (χ1) is 8.13. The molecule has 0 atom stereocenters. The van der Waals surface area contributed by atoms with Crippen LogP contribution in [-0.4, -0.2) is 37.2 Å². The van der Waals surface area contributed by atoms with Crippen molar-refractivity contribution >= 4 is 11.9 Å². The number of carbonyl (C=O) groups is 2. The molecule has 1 rings (SSSR count). The van der Waals surface area contributed by atoms with Gasteiger partial charge in [-0.15, -0.1) is 0 Å². The first-order valence-corrected chi connectivity index (χ1v) is 4.91. The molecule has 0 aliphatic rings. The molecule has 0 fully saturated rings. The predicted octanol–water partition coefficient (Wildman–Crippen LogP) is 0.275. The maximum Gasteiger partial charge on any atom is 0.394 e. The monoisotopic (exact) mass is 239 g/mol. The normalized spacial score (nSPS) is 9.47. The number of carboxylic acids is 1. The van der Waals surface area contributed by atoms with Crippen LogP contribution in [0.15, 0.2) is 24.3 Å². The number of aliphatic carboxylic acids is 1. The third-order valence-electron chi connectivity index (χ3n) is 1.91. The first kappa shape index (κ1) is 12.8. The van der Waals surface area contributed by atoms with Gasteiger partial charge in [-0.2, -0.15) is 0 Å². The minimum Gasteiger partial charge on any atom is -0.497 e. The molecule has 0 saturated carbocycles. The summed E-state index contributed by atoms with van der Waals surface area (Å²) in [5.74, 6) is -1.20. The Morgan fingerprint density at radius 1 is 1.24 bits per heavy atom. The molecule has 6 nitrogen and oxygen atoms in total. The molecule has 1 aromatic carbocycles. The van der Waals surface area contributed by atoms with E-state index in [4.69, 9.17) is 14.6 Å². The molecule has 0 saturated heterocycles. The lowest BCUT2D eigenvalue weighted by molar-refractivity contribution is -0.150. The topological polar surface area (TPSA) is 84.9 Å². The molecule has 0 unspecified atom stereocenters. The summed E-state index contributed by atoms with van der Waals surface area (Å²) < 4.78 is 10.2. The highest BCUT2D eigenvalue weighted by Crippen LogP contribution is 2.16. The van der Waals surface area contributed by atoms with Gasteiger partial charge in [-0.1, -0.05) is 0 Å². The van der Waals surface area contributed by atoms with Gasteiger partial charge in [-0.05, 0) is 24.3 Å². The molecule has 0 aliphatic carbocycles. The number of hydrogen-bond acceptors (Lipinski definition) is 4. The van der Waals surface area contributed by atoms with Gasteiger partial charge in [0, 0.05) is 0 Å². The zero-order chi connectivity index (χ0) is 12.7. The summed E-state index contributed by atoms with van der Waals surface area (Å²) in [6.07, 6.45) is 0. The highest BCUT2D eigenvalue weighted by molar-refractivity contribution is 6.31. The summed E-state index contributed by atoms with van der Waals surface area (Å²) in [6, 6.07) is 6.92. The smallest absolute Gasteiger partial charge is 0.394 e. The van der Waals surface area contributed by atoms with Crippen LogP contribution in [0.4, 0.5) is 0 Å². The van der Waals surface area contributed by atoms with Crippen molar-refractivity contribution in [3.63, 3.8) is 0 Å². The molecule has 2 N–H and O–H groups in total. The Labute approximate surface area is 98.2 Å². The van der Waals surface area contributed by atoms with Gasteiger partial charge >= 0.3 is 11.9 Å². The van der Waals surface area contributed by atoms with Crippen molar-refractivity contribution in [2.24, 2.45) is 0 Å². The van der Waals surface area contributed by atoms with Crippen LogP contribution in [0.25, 0.3) is 0 Å². The van der Waals surface area contributed by atoms with Gasteiger partial charge in [-0.3, -0.25) is 4.79 Å². The quantitative estimate of drug-likeness (QED) is 0.569. The van der Waals surface area contributed by atoms with Crippen LogP contribution < -0.4 is 14.8 Å². The van der Waals surface area contributed by atoms with E-state index in [2.05, 4.69) is 5.32 Å². The SMILES string of the molecule is COc1ccc(OCCNC(=O)C(=O)O)cc1. The summed E-state index contributed by atoms with van der Waals surface area (Å²) in [7, 11) is 1.57. The average Bonchev–Trinajstić information content (AvgIpc) is 2.35.